The molecule has 1 saturated carbocycles. The zero-order chi connectivity index (χ0) is 35.3. The fourth-order valence-corrected chi connectivity index (χ4v) is 8.78. The van der Waals surface area contributed by atoms with E-state index in [1.165, 1.54) is 19.3 Å². The highest BCUT2D eigenvalue weighted by Crippen LogP contribution is 2.34. The summed E-state index contributed by atoms with van der Waals surface area (Å²) >= 11 is 1.64. The molecule has 11 heteroatoms. The number of benzene rings is 1. The van der Waals surface area contributed by atoms with Gasteiger partial charge in [0.1, 0.15) is 23.8 Å². The van der Waals surface area contributed by atoms with E-state index in [-0.39, 0.29) is 29.8 Å². The van der Waals surface area contributed by atoms with Gasteiger partial charge >= 0.3 is 6.09 Å². The Labute approximate surface area is 301 Å². The number of ether oxygens (including phenoxy) is 2. The minimum absolute atomic E-state index is 0.00697. The van der Waals surface area contributed by atoms with Crippen molar-refractivity contribution < 1.29 is 23.9 Å². The third-order valence-electron chi connectivity index (χ3n) is 10.7. The molecule has 272 valence electrons. The summed E-state index contributed by atoms with van der Waals surface area (Å²) in [7, 11) is 0. The van der Waals surface area contributed by atoms with Crippen LogP contribution in [0.4, 0.5) is 4.79 Å². The molecule has 4 atom stereocenters. The number of carbonyl (C=O) groups is 3. The zero-order valence-corrected chi connectivity index (χ0v) is 31.0. The number of Topliss-reactive ketones (excluding diaryl/α,β-unsaturated/α-hetero) is 1. The number of likely N-dealkylation sites (tertiary alicyclic amines) is 1. The number of thiophene rings is 1. The van der Waals surface area contributed by atoms with Crippen molar-refractivity contribution in [2.75, 3.05) is 32.7 Å². The van der Waals surface area contributed by atoms with Gasteiger partial charge in [0.15, 0.2) is 5.78 Å². The predicted octanol–water partition coefficient (Wildman–Crippen LogP) is 6.22. The van der Waals surface area contributed by atoms with E-state index in [2.05, 4.69) is 10.2 Å². The molecule has 3 aliphatic heterocycles. The van der Waals surface area contributed by atoms with Gasteiger partial charge in [-0.3, -0.25) is 9.59 Å². The van der Waals surface area contributed by atoms with Gasteiger partial charge < -0.3 is 29.5 Å². The number of hydrogen-bond donors (Lipinski definition) is 1. The van der Waals surface area contributed by atoms with Gasteiger partial charge in [-0.2, -0.15) is 0 Å². The van der Waals surface area contributed by atoms with Crippen molar-refractivity contribution >= 4 is 35.1 Å². The molecule has 2 saturated heterocycles. The molecular formula is C39H55N5O5S. The van der Waals surface area contributed by atoms with E-state index in [0.29, 0.717) is 44.5 Å². The Morgan fingerprint density at radius 2 is 1.72 bits per heavy atom. The Bertz CT molecular complexity index is 1460. The van der Waals surface area contributed by atoms with E-state index in [0.717, 1.165) is 49.2 Å². The third kappa shape index (κ3) is 9.07. The van der Waals surface area contributed by atoms with Crippen LogP contribution in [0.1, 0.15) is 95.6 Å². The first kappa shape index (κ1) is 36.4. The molecule has 0 radical (unpaired) electrons. The van der Waals surface area contributed by atoms with Crippen molar-refractivity contribution in [1.82, 2.24) is 20.0 Å². The fraction of sp³-hybridized carbons (Fsp3) is 0.641. The van der Waals surface area contributed by atoms with Crippen molar-refractivity contribution in [1.29, 1.82) is 0 Å². The maximum atomic E-state index is 14.8. The van der Waals surface area contributed by atoms with Gasteiger partial charge in [0.25, 0.3) is 6.02 Å². The number of rotatable bonds is 9. The molecule has 4 aliphatic rings. The summed E-state index contributed by atoms with van der Waals surface area (Å²) < 4.78 is 12.1. The van der Waals surface area contributed by atoms with Crippen LogP contribution in [0.3, 0.4) is 0 Å². The minimum Gasteiger partial charge on any atom is -0.455 e. The van der Waals surface area contributed by atoms with E-state index in [1.807, 2.05) is 80.4 Å². The van der Waals surface area contributed by atoms with Crippen LogP contribution in [-0.2, 0) is 25.5 Å². The van der Waals surface area contributed by atoms with Crippen molar-refractivity contribution in [3.8, 4) is 0 Å². The molecule has 10 nitrogen and oxygen atoms in total. The molecule has 2 aromatic rings. The first-order chi connectivity index (χ1) is 24.1. The summed E-state index contributed by atoms with van der Waals surface area (Å²) in [6.45, 7) is 10.9. The highest BCUT2D eigenvalue weighted by atomic mass is 32.1. The fourth-order valence-electron chi connectivity index (χ4n) is 8.07. The summed E-state index contributed by atoms with van der Waals surface area (Å²) in [5.41, 5.74) is 0.355. The summed E-state index contributed by atoms with van der Waals surface area (Å²) in [6, 6.07) is 13.6. The van der Waals surface area contributed by atoms with E-state index in [1.54, 1.807) is 16.2 Å². The van der Waals surface area contributed by atoms with Crippen LogP contribution in [-0.4, -0.2) is 101 Å². The van der Waals surface area contributed by atoms with Crippen molar-refractivity contribution in [3.63, 3.8) is 0 Å². The molecule has 4 heterocycles. The van der Waals surface area contributed by atoms with E-state index < -0.39 is 23.8 Å². The second-order valence-corrected chi connectivity index (χ2v) is 16.5. The Morgan fingerprint density at radius 3 is 2.40 bits per heavy atom. The number of nitrogens with zero attached hydrogens (tertiary/aromatic N) is 4. The lowest BCUT2D eigenvalue weighted by Gasteiger charge is -2.44. The maximum absolute atomic E-state index is 14.8. The lowest BCUT2D eigenvalue weighted by molar-refractivity contribution is -0.145. The molecule has 6 rings (SSSR count). The average molecular weight is 706 g/mol. The number of hydrogen-bond acceptors (Lipinski definition) is 9. The smallest absolute Gasteiger partial charge is 0.408 e. The molecule has 50 heavy (non-hydrogen) atoms. The largest absolute Gasteiger partial charge is 0.455 e. The normalized spacial score (nSPS) is 26.9. The first-order valence-corrected chi connectivity index (χ1v) is 19.6. The highest BCUT2D eigenvalue weighted by molar-refractivity contribution is 7.09. The zero-order valence-electron chi connectivity index (χ0n) is 30.2. The van der Waals surface area contributed by atoms with Crippen LogP contribution >= 0.6 is 11.3 Å². The molecule has 3 fully saturated rings. The second-order valence-electron chi connectivity index (χ2n) is 15.4. The quantitative estimate of drug-likeness (QED) is 0.331. The van der Waals surface area contributed by atoms with Crippen LogP contribution in [0.5, 0.6) is 0 Å². The molecular weight excluding hydrogens is 651 g/mol. The van der Waals surface area contributed by atoms with Gasteiger partial charge in [0, 0.05) is 37.0 Å². The summed E-state index contributed by atoms with van der Waals surface area (Å²) in [5.74, 6) is -0.227. The van der Waals surface area contributed by atoms with Gasteiger partial charge in [-0.25, -0.2) is 9.79 Å². The number of piperazine rings is 1. The number of aliphatic imine (C=N–C) groups is 1. The Hall–Kier alpha value is -3.44. The van der Waals surface area contributed by atoms with E-state index in [4.69, 9.17) is 14.5 Å². The molecule has 1 N–H and O–H groups in total. The lowest BCUT2D eigenvalue weighted by atomic mass is 9.80. The van der Waals surface area contributed by atoms with Gasteiger partial charge in [-0.15, -0.1) is 11.3 Å². The SMILES string of the molecule is C[C@@H]1N=C(N2CCN(C(=O)[C@H](NC(=O)OC(C)(C)C)C3CCC(N4CCCCC4)CC3)[C@H](C(=O)CCc3cccs3)C2)O[C@H]1c1ccccc1. The summed E-state index contributed by atoms with van der Waals surface area (Å²) in [5, 5.41) is 5.03. The van der Waals surface area contributed by atoms with E-state index >= 15 is 0 Å². The number of carbonyl (C=O) groups excluding carboxylic acids is 3. The van der Waals surface area contributed by atoms with Crippen molar-refractivity contribution in [2.45, 2.75) is 121 Å². The standard InChI is InChI=1S/C39H55N5O5S/c1-27-35(29-12-7-5-8-13-29)48-37(40-27)43-23-24-44(32(26-43)33(45)20-19-31-14-11-25-50-31)36(46)34(41-38(47)49-39(2,3)4)28-15-17-30(18-16-28)42-21-9-6-10-22-42/h5,7-8,11-14,25,27-28,30,32,34-35H,6,9-10,15-24,26H2,1-4H3,(H,41,47)/t27-,28?,30?,32-,34+,35+/m0/s1. The van der Waals surface area contributed by atoms with Crippen LogP contribution in [0.2, 0.25) is 0 Å². The van der Waals surface area contributed by atoms with Crippen LogP contribution in [0.15, 0.2) is 52.8 Å². The lowest BCUT2D eigenvalue weighted by Crippen LogP contribution is -2.64. The second kappa shape index (κ2) is 16.3. The summed E-state index contributed by atoms with van der Waals surface area (Å²) in [4.78, 5) is 54.5. The van der Waals surface area contributed by atoms with E-state index in [9.17, 15) is 14.4 Å². The molecule has 1 aromatic heterocycles. The Balaban J connectivity index is 1.20. The molecule has 1 aromatic carbocycles. The topological polar surface area (TPSA) is 104 Å². The molecule has 0 unspecified atom stereocenters. The third-order valence-corrected chi connectivity index (χ3v) is 11.6. The number of ketones is 1. The first-order valence-electron chi connectivity index (χ1n) is 18.7. The summed E-state index contributed by atoms with van der Waals surface area (Å²) in [6.07, 6.45) is 7.62. The van der Waals surface area contributed by atoms with Gasteiger partial charge in [-0.05, 0) is 109 Å². The van der Waals surface area contributed by atoms with Crippen molar-refractivity contribution in [3.05, 3.63) is 58.3 Å². The monoisotopic (exact) mass is 705 g/mol. The van der Waals surface area contributed by atoms with Crippen LogP contribution in [0, 0.1) is 5.92 Å². The van der Waals surface area contributed by atoms with Gasteiger partial charge in [-0.1, -0.05) is 42.8 Å². The number of alkyl carbamates (subject to hydrolysis) is 1. The number of aryl methyl sites for hydroxylation is 1. The minimum atomic E-state index is -0.770. The average Bonchev–Trinajstić information content (AvgIpc) is 3.79. The Kier molecular flexibility index (Phi) is 11.8. The van der Waals surface area contributed by atoms with Crippen molar-refractivity contribution in [2.24, 2.45) is 10.9 Å². The maximum Gasteiger partial charge on any atom is 0.408 e. The number of amides is 2. The predicted molar refractivity (Wildman–Crippen MR) is 196 cm³/mol. The van der Waals surface area contributed by atoms with Gasteiger partial charge in [0.2, 0.25) is 5.91 Å². The molecule has 0 spiro atoms. The number of amidine groups is 1. The number of nitrogens with one attached hydrogen (secondary N) is 1. The van der Waals surface area contributed by atoms with Crippen LogP contribution < -0.4 is 5.32 Å². The molecule has 1 aliphatic carbocycles. The highest BCUT2D eigenvalue weighted by Gasteiger charge is 2.44. The van der Waals surface area contributed by atoms with Crippen LogP contribution in [0.25, 0.3) is 0 Å². The molecule has 0 bridgehead atoms. The Morgan fingerprint density at radius 1 is 0.980 bits per heavy atom. The number of piperidine rings is 1. The van der Waals surface area contributed by atoms with Gasteiger partial charge in [0.05, 0.1) is 6.04 Å². The molecule has 2 amide bonds.